The maximum absolute atomic E-state index is 13.7. The predicted octanol–water partition coefficient (Wildman–Crippen LogP) is 2.09. The SMILES string of the molecule is COCC1(CNC(=O)c2ccc(Br)cc2F)CCCN1. The van der Waals surface area contributed by atoms with Crippen LogP contribution < -0.4 is 10.6 Å². The molecule has 0 spiro atoms. The van der Waals surface area contributed by atoms with Crippen LogP contribution in [0.1, 0.15) is 23.2 Å². The fourth-order valence-electron chi connectivity index (χ4n) is 2.49. The minimum absolute atomic E-state index is 0.0544. The summed E-state index contributed by atoms with van der Waals surface area (Å²) in [6.07, 6.45) is 1.98. The van der Waals surface area contributed by atoms with E-state index in [-0.39, 0.29) is 11.1 Å². The van der Waals surface area contributed by atoms with E-state index in [1.165, 1.54) is 12.1 Å². The average Bonchev–Trinajstić information content (AvgIpc) is 2.85. The summed E-state index contributed by atoms with van der Waals surface area (Å²) >= 11 is 3.17. The quantitative estimate of drug-likeness (QED) is 0.859. The minimum atomic E-state index is -0.531. The smallest absolute Gasteiger partial charge is 0.254 e. The highest BCUT2D eigenvalue weighted by Crippen LogP contribution is 2.19. The molecule has 1 atom stereocenters. The van der Waals surface area contributed by atoms with Crippen molar-refractivity contribution >= 4 is 21.8 Å². The highest BCUT2D eigenvalue weighted by molar-refractivity contribution is 9.10. The number of carbonyl (C=O) groups excluding carboxylic acids is 1. The van der Waals surface area contributed by atoms with E-state index in [0.717, 1.165) is 19.4 Å². The van der Waals surface area contributed by atoms with Gasteiger partial charge >= 0.3 is 0 Å². The number of amides is 1. The third-order valence-corrected chi connectivity index (χ3v) is 4.01. The third kappa shape index (κ3) is 3.56. The Bertz CT molecular complexity index is 490. The van der Waals surface area contributed by atoms with Gasteiger partial charge in [-0.2, -0.15) is 0 Å². The molecule has 1 saturated heterocycles. The van der Waals surface area contributed by atoms with E-state index in [2.05, 4.69) is 26.6 Å². The summed E-state index contributed by atoms with van der Waals surface area (Å²) in [7, 11) is 1.64. The van der Waals surface area contributed by atoms with Crippen molar-refractivity contribution in [3.05, 3.63) is 34.1 Å². The van der Waals surface area contributed by atoms with Crippen molar-refractivity contribution < 1.29 is 13.9 Å². The van der Waals surface area contributed by atoms with Gasteiger partial charge < -0.3 is 15.4 Å². The van der Waals surface area contributed by atoms with Crippen LogP contribution in [0.15, 0.2) is 22.7 Å². The predicted molar refractivity (Wildman–Crippen MR) is 78.3 cm³/mol. The average molecular weight is 345 g/mol. The van der Waals surface area contributed by atoms with Crippen molar-refractivity contribution in [1.82, 2.24) is 10.6 Å². The molecule has 0 radical (unpaired) electrons. The number of hydrogen-bond donors (Lipinski definition) is 2. The molecule has 1 aromatic rings. The van der Waals surface area contributed by atoms with Gasteiger partial charge in [-0.05, 0) is 37.6 Å². The van der Waals surface area contributed by atoms with Crippen LogP contribution in [0.4, 0.5) is 4.39 Å². The molecule has 0 saturated carbocycles. The number of nitrogens with one attached hydrogen (secondary N) is 2. The van der Waals surface area contributed by atoms with Crippen LogP contribution in [0.25, 0.3) is 0 Å². The van der Waals surface area contributed by atoms with Gasteiger partial charge in [0.1, 0.15) is 5.82 Å². The zero-order valence-electron chi connectivity index (χ0n) is 11.3. The minimum Gasteiger partial charge on any atom is -0.383 e. The second-order valence-corrected chi connectivity index (χ2v) is 5.97. The first kappa shape index (κ1) is 15.4. The van der Waals surface area contributed by atoms with Crippen molar-refractivity contribution in [3.8, 4) is 0 Å². The number of carbonyl (C=O) groups is 1. The Hall–Kier alpha value is -0.980. The standard InChI is InChI=1S/C14H18BrFN2O2/c1-20-9-14(5-2-6-18-14)8-17-13(19)11-4-3-10(15)7-12(11)16/h3-4,7,18H,2,5-6,8-9H2,1H3,(H,17,19). The molecule has 2 rings (SSSR count). The van der Waals surface area contributed by atoms with E-state index >= 15 is 0 Å². The van der Waals surface area contributed by atoms with E-state index in [4.69, 9.17) is 4.74 Å². The largest absolute Gasteiger partial charge is 0.383 e. The molecule has 0 bridgehead atoms. The Labute approximate surface area is 126 Å². The molecule has 0 aliphatic carbocycles. The van der Waals surface area contributed by atoms with Gasteiger partial charge in [0.25, 0.3) is 5.91 Å². The Balaban J connectivity index is 2.00. The van der Waals surface area contributed by atoms with E-state index in [1.54, 1.807) is 13.2 Å². The van der Waals surface area contributed by atoms with Crippen molar-refractivity contribution in [2.24, 2.45) is 0 Å². The maximum atomic E-state index is 13.7. The van der Waals surface area contributed by atoms with Gasteiger partial charge in [0.2, 0.25) is 0 Å². The van der Waals surface area contributed by atoms with Gasteiger partial charge in [-0.1, -0.05) is 15.9 Å². The lowest BCUT2D eigenvalue weighted by molar-refractivity contribution is 0.0888. The van der Waals surface area contributed by atoms with E-state index in [1.807, 2.05) is 0 Å². The molecule has 1 aliphatic heterocycles. The maximum Gasteiger partial charge on any atom is 0.254 e. The fourth-order valence-corrected chi connectivity index (χ4v) is 2.82. The Morgan fingerprint density at radius 2 is 2.40 bits per heavy atom. The molecule has 4 nitrogen and oxygen atoms in total. The van der Waals surface area contributed by atoms with E-state index < -0.39 is 11.7 Å². The van der Waals surface area contributed by atoms with E-state index in [9.17, 15) is 9.18 Å². The lowest BCUT2D eigenvalue weighted by Crippen LogP contribution is -2.53. The van der Waals surface area contributed by atoms with Crippen LogP contribution in [0.5, 0.6) is 0 Å². The topological polar surface area (TPSA) is 50.4 Å². The van der Waals surface area contributed by atoms with Crippen molar-refractivity contribution in [3.63, 3.8) is 0 Å². The molecule has 1 aromatic carbocycles. The highest BCUT2D eigenvalue weighted by atomic mass is 79.9. The zero-order chi connectivity index (χ0) is 14.6. The fraction of sp³-hybridized carbons (Fsp3) is 0.500. The zero-order valence-corrected chi connectivity index (χ0v) is 12.9. The summed E-state index contributed by atoms with van der Waals surface area (Å²) in [6.45, 7) is 1.86. The highest BCUT2D eigenvalue weighted by Gasteiger charge is 2.34. The first-order chi connectivity index (χ1) is 9.56. The van der Waals surface area contributed by atoms with Gasteiger partial charge in [-0.15, -0.1) is 0 Å². The van der Waals surface area contributed by atoms with Crippen molar-refractivity contribution in [2.45, 2.75) is 18.4 Å². The molecular weight excluding hydrogens is 327 g/mol. The number of hydrogen-bond acceptors (Lipinski definition) is 3. The summed E-state index contributed by atoms with van der Waals surface area (Å²) in [5.74, 6) is -0.934. The lowest BCUT2D eigenvalue weighted by atomic mass is 9.98. The normalized spacial score (nSPS) is 21.9. The monoisotopic (exact) mass is 344 g/mol. The van der Waals surface area contributed by atoms with E-state index in [0.29, 0.717) is 17.6 Å². The van der Waals surface area contributed by atoms with Gasteiger partial charge in [0.05, 0.1) is 17.7 Å². The van der Waals surface area contributed by atoms with Gasteiger partial charge in [-0.25, -0.2) is 4.39 Å². The van der Waals surface area contributed by atoms with Crippen LogP contribution in [-0.4, -0.2) is 38.3 Å². The molecule has 2 N–H and O–H groups in total. The molecule has 6 heteroatoms. The summed E-state index contributed by atoms with van der Waals surface area (Å²) in [4.78, 5) is 12.0. The first-order valence-electron chi connectivity index (χ1n) is 6.53. The number of methoxy groups -OCH3 is 1. The van der Waals surface area contributed by atoms with Crippen LogP contribution in [0, 0.1) is 5.82 Å². The Kier molecular flexibility index (Phi) is 5.12. The van der Waals surface area contributed by atoms with Crippen LogP contribution >= 0.6 is 15.9 Å². The summed E-state index contributed by atoms with van der Waals surface area (Å²) in [5, 5.41) is 6.15. The summed E-state index contributed by atoms with van der Waals surface area (Å²) in [6, 6.07) is 4.41. The first-order valence-corrected chi connectivity index (χ1v) is 7.33. The number of benzene rings is 1. The summed E-state index contributed by atoms with van der Waals surface area (Å²) < 4.78 is 19.5. The van der Waals surface area contributed by atoms with Gasteiger partial charge in [0, 0.05) is 18.1 Å². The Morgan fingerprint density at radius 1 is 1.60 bits per heavy atom. The Morgan fingerprint density at radius 3 is 3.00 bits per heavy atom. The van der Waals surface area contributed by atoms with Crippen LogP contribution in [0.2, 0.25) is 0 Å². The lowest BCUT2D eigenvalue weighted by Gasteiger charge is -2.29. The van der Waals surface area contributed by atoms with Gasteiger partial charge in [-0.3, -0.25) is 4.79 Å². The summed E-state index contributed by atoms with van der Waals surface area (Å²) in [5.41, 5.74) is -0.185. The molecule has 1 unspecified atom stereocenters. The number of rotatable bonds is 5. The molecule has 1 amide bonds. The second kappa shape index (κ2) is 6.65. The second-order valence-electron chi connectivity index (χ2n) is 5.05. The molecule has 1 fully saturated rings. The van der Waals surface area contributed by atoms with Crippen LogP contribution in [-0.2, 0) is 4.74 Å². The number of ether oxygens (including phenoxy) is 1. The molecule has 20 heavy (non-hydrogen) atoms. The van der Waals surface area contributed by atoms with Crippen molar-refractivity contribution in [1.29, 1.82) is 0 Å². The van der Waals surface area contributed by atoms with Gasteiger partial charge in [0.15, 0.2) is 0 Å². The molecule has 0 aromatic heterocycles. The molecule has 1 aliphatic rings. The molecular formula is C14H18BrFN2O2. The molecule has 1 heterocycles. The molecule has 110 valence electrons. The van der Waals surface area contributed by atoms with Crippen molar-refractivity contribution in [2.75, 3.05) is 26.8 Å². The number of halogens is 2. The third-order valence-electron chi connectivity index (χ3n) is 3.52. The van der Waals surface area contributed by atoms with Crippen LogP contribution in [0.3, 0.4) is 0 Å².